The molecule has 0 aliphatic carbocycles. The summed E-state index contributed by atoms with van der Waals surface area (Å²) in [6.07, 6.45) is 6.44. The molecule has 0 aliphatic heterocycles. The zero-order valence-corrected chi connectivity index (χ0v) is 17.0. The molecule has 1 aromatic carbocycles. The average Bonchev–Trinajstić information content (AvgIpc) is 2.56. The summed E-state index contributed by atoms with van der Waals surface area (Å²) in [6, 6.07) is 5.45. The molecule has 0 saturated heterocycles. The Labute approximate surface area is 158 Å². The van der Waals surface area contributed by atoms with E-state index in [0.717, 1.165) is 44.1 Å². The van der Waals surface area contributed by atoms with E-state index in [1.165, 1.54) is 0 Å². The molecule has 146 valence electrons. The maximum absolute atomic E-state index is 12.3. The van der Waals surface area contributed by atoms with Crippen molar-refractivity contribution in [1.29, 1.82) is 0 Å². The van der Waals surface area contributed by atoms with E-state index in [1.54, 1.807) is 6.07 Å². The van der Waals surface area contributed by atoms with Gasteiger partial charge in [-0.15, -0.1) is 0 Å². The molecule has 0 amide bonds. The van der Waals surface area contributed by atoms with Crippen LogP contribution in [-0.4, -0.2) is 11.9 Å². The minimum Gasteiger partial charge on any atom is -0.423 e. The van der Waals surface area contributed by atoms with E-state index < -0.39 is 0 Å². The lowest BCUT2D eigenvalue weighted by atomic mass is 9.86. The largest absolute Gasteiger partial charge is 0.423 e. The van der Waals surface area contributed by atoms with Gasteiger partial charge in [-0.25, -0.2) is 0 Å². The van der Waals surface area contributed by atoms with E-state index in [9.17, 15) is 9.59 Å². The Morgan fingerprint density at radius 2 is 1.38 bits per heavy atom. The summed E-state index contributed by atoms with van der Waals surface area (Å²) in [5.74, 6) is 0.152. The van der Waals surface area contributed by atoms with Crippen LogP contribution in [0, 0.1) is 0 Å². The Morgan fingerprint density at radius 1 is 0.846 bits per heavy atom. The van der Waals surface area contributed by atoms with E-state index in [4.69, 9.17) is 9.47 Å². The van der Waals surface area contributed by atoms with Gasteiger partial charge in [0.05, 0.1) is 0 Å². The predicted octanol–water partition coefficient (Wildman–Crippen LogP) is 5.96. The number of hydrogen-bond acceptors (Lipinski definition) is 4. The fourth-order valence-electron chi connectivity index (χ4n) is 2.67. The quantitative estimate of drug-likeness (QED) is 0.293. The maximum atomic E-state index is 12.3. The van der Waals surface area contributed by atoms with E-state index >= 15 is 0 Å². The Morgan fingerprint density at radius 3 is 1.88 bits per heavy atom. The Hall–Kier alpha value is -1.84. The van der Waals surface area contributed by atoms with Crippen molar-refractivity contribution >= 4 is 11.9 Å². The summed E-state index contributed by atoms with van der Waals surface area (Å²) in [5, 5.41) is 0. The van der Waals surface area contributed by atoms with Crippen molar-refractivity contribution in [2.75, 3.05) is 0 Å². The molecule has 0 N–H and O–H groups in total. The van der Waals surface area contributed by atoms with Gasteiger partial charge in [0.15, 0.2) is 11.5 Å². The molecule has 4 nitrogen and oxygen atoms in total. The molecular weight excluding hydrogens is 328 g/mol. The zero-order valence-electron chi connectivity index (χ0n) is 17.0. The van der Waals surface area contributed by atoms with Gasteiger partial charge < -0.3 is 9.47 Å². The van der Waals surface area contributed by atoms with Crippen LogP contribution in [0.3, 0.4) is 0 Å². The number of benzene rings is 1. The molecule has 0 radical (unpaired) electrons. The van der Waals surface area contributed by atoms with Gasteiger partial charge in [0, 0.05) is 18.4 Å². The predicted molar refractivity (Wildman–Crippen MR) is 105 cm³/mol. The molecule has 0 aromatic heterocycles. The average molecular weight is 363 g/mol. The SMILES string of the molecule is CCCCCC(=O)Oc1cccc(C(C)(C)C)c1OC(=O)CCCCC. The van der Waals surface area contributed by atoms with Crippen molar-refractivity contribution in [3.8, 4) is 11.5 Å². The molecule has 0 spiro atoms. The first-order valence-electron chi connectivity index (χ1n) is 9.84. The van der Waals surface area contributed by atoms with Crippen LogP contribution >= 0.6 is 0 Å². The standard InChI is InChI=1S/C22H34O4/c1-6-8-10-15-19(23)25-18-14-12-13-17(22(3,4)5)21(18)26-20(24)16-11-9-7-2/h12-14H,6-11,15-16H2,1-5H3. The summed E-state index contributed by atoms with van der Waals surface area (Å²) in [4.78, 5) is 24.4. The van der Waals surface area contributed by atoms with Crippen molar-refractivity contribution in [3.63, 3.8) is 0 Å². The lowest BCUT2D eigenvalue weighted by molar-refractivity contribution is -0.137. The number of rotatable bonds is 10. The van der Waals surface area contributed by atoms with Gasteiger partial charge in [0.2, 0.25) is 0 Å². The van der Waals surface area contributed by atoms with Crippen molar-refractivity contribution in [1.82, 2.24) is 0 Å². The van der Waals surface area contributed by atoms with Crippen LogP contribution in [0.2, 0.25) is 0 Å². The monoisotopic (exact) mass is 362 g/mol. The highest BCUT2D eigenvalue weighted by Crippen LogP contribution is 2.39. The molecule has 0 fully saturated rings. The molecule has 1 rings (SSSR count). The highest BCUT2D eigenvalue weighted by atomic mass is 16.6. The van der Waals surface area contributed by atoms with Gasteiger partial charge in [-0.3, -0.25) is 9.59 Å². The Kier molecular flexibility index (Phi) is 9.39. The minimum absolute atomic E-state index is 0.232. The van der Waals surface area contributed by atoms with Gasteiger partial charge in [-0.1, -0.05) is 72.4 Å². The van der Waals surface area contributed by atoms with Crippen LogP contribution in [0.15, 0.2) is 18.2 Å². The Balaban J connectivity index is 2.98. The normalized spacial score (nSPS) is 11.3. The number of esters is 2. The zero-order chi connectivity index (χ0) is 19.6. The van der Waals surface area contributed by atoms with E-state index in [-0.39, 0.29) is 17.4 Å². The fraction of sp³-hybridized carbons (Fsp3) is 0.636. The molecule has 0 bridgehead atoms. The second kappa shape index (κ2) is 11.0. The molecule has 0 saturated carbocycles. The topological polar surface area (TPSA) is 52.6 Å². The van der Waals surface area contributed by atoms with E-state index in [2.05, 4.69) is 13.8 Å². The first-order valence-corrected chi connectivity index (χ1v) is 9.84. The smallest absolute Gasteiger partial charge is 0.311 e. The van der Waals surface area contributed by atoms with Crippen molar-refractivity contribution in [2.24, 2.45) is 0 Å². The Bertz CT molecular complexity index is 584. The minimum atomic E-state index is -0.284. The van der Waals surface area contributed by atoms with Crippen LogP contribution in [0.4, 0.5) is 0 Å². The summed E-state index contributed by atoms with van der Waals surface area (Å²) in [6.45, 7) is 10.3. The van der Waals surface area contributed by atoms with Crippen LogP contribution in [0.25, 0.3) is 0 Å². The molecule has 0 aliphatic rings. The highest BCUT2D eigenvalue weighted by Gasteiger charge is 2.25. The number of para-hydroxylation sites is 1. The van der Waals surface area contributed by atoms with Crippen LogP contribution in [0.5, 0.6) is 11.5 Å². The lowest BCUT2D eigenvalue weighted by Crippen LogP contribution is -2.18. The summed E-state index contributed by atoms with van der Waals surface area (Å²) < 4.78 is 11.2. The third-order valence-electron chi connectivity index (χ3n) is 4.20. The fourth-order valence-corrected chi connectivity index (χ4v) is 2.67. The van der Waals surface area contributed by atoms with Crippen molar-refractivity contribution < 1.29 is 19.1 Å². The number of carbonyl (C=O) groups excluding carboxylic acids is 2. The number of unbranched alkanes of at least 4 members (excludes halogenated alkanes) is 4. The van der Waals surface area contributed by atoms with Gasteiger partial charge in [-0.05, 0) is 24.3 Å². The van der Waals surface area contributed by atoms with E-state index in [1.807, 2.05) is 32.9 Å². The van der Waals surface area contributed by atoms with Crippen molar-refractivity contribution in [3.05, 3.63) is 23.8 Å². The summed E-state index contributed by atoms with van der Waals surface area (Å²) in [5.41, 5.74) is 0.629. The molecular formula is C22H34O4. The van der Waals surface area contributed by atoms with E-state index in [0.29, 0.717) is 24.3 Å². The molecule has 26 heavy (non-hydrogen) atoms. The molecule has 4 heteroatoms. The molecule has 1 aromatic rings. The first-order chi connectivity index (χ1) is 12.3. The lowest BCUT2D eigenvalue weighted by Gasteiger charge is -2.23. The third-order valence-corrected chi connectivity index (χ3v) is 4.20. The van der Waals surface area contributed by atoms with Crippen LogP contribution in [-0.2, 0) is 15.0 Å². The first kappa shape index (κ1) is 22.2. The van der Waals surface area contributed by atoms with Gasteiger partial charge >= 0.3 is 11.9 Å². The number of ether oxygens (including phenoxy) is 2. The molecule has 0 unspecified atom stereocenters. The van der Waals surface area contributed by atoms with Gasteiger partial charge in [-0.2, -0.15) is 0 Å². The number of carbonyl (C=O) groups is 2. The second-order valence-electron chi connectivity index (χ2n) is 7.75. The number of hydrogen-bond donors (Lipinski definition) is 0. The van der Waals surface area contributed by atoms with Crippen LogP contribution < -0.4 is 9.47 Å². The summed E-state index contributed by atoms with van der Waals surface area (Å²) >= 11 is 0. The van der Waals surface area contributed by atoms with Crippen LogP contribution in [0.1, 0.15) is 91.5 Å². The van der Waals surface area contributed by atoms with Crippen molar-refractivity contribution in [2.45, 2.75) is 91.4 Å². The summed E-state index contributed by atoms with van der Waals surface area (Å²) in [7, 11) is 0. The van der Waals surface area contributed by atoms with Gasteiger partial charge in [0.1, 0.15) is 0 Å². The molecule has 0 heterocycles. The molecule has 0 atom stereocenters. The maximum Gasteiger partial charge on any atom is 0.311 e. The second-order valence-corrected chi connectivity index (χ2v) is 7.75. The van der Waals surface area contributed by atoms with Gasteiger partial charge in [0.25, 0.3) is 0 Å². The third kappa shape index (κ3) is 7.59. The highest BCUT2D eigenvalue weighted by molar-refractivity contribution is 5.77.